The number of hydrogen-bond donors (Lipinski definition) is 1. The maximum absolute atomic E-state index is 13.2. The lowest BCUT2D eigenvalue weighted by molar-refractivity contribution is -0.145. The Bertz CT molecular complexity index is 730. The van der Waals surface area contributed by atoms with E-state index in [1.54, 1.807) is 6.07 Å². The van der Waals surface area contributed by atoms with Crippen molar-refractivity contribution in [3.8, 4) is 0 Å². The fourth-order valence-electron chi connectivity index (χ4n) is 1.68. The standard InChI is InChI=1S/C14H12ClFN2O3/c15-14-9(2-1-3-11(14)16)8-21-13(20)7-18-6-10(17)4-5-12(18)19/h1-6H,7-8,17H2. The zero-order valence-corrected chi connectivity index (χ0v) is 11.6. The van der Waals surface area contributed by atoms with Gasteiger partial charge in [-0.2, -0.15) is 0 Å². The molecule has 1 aromatic heterocycles. The summed E-state index contributed by atoms with van der Waals surface area (Å²) in [7, 11) is 0. The first-order valence-electron chi connectivity index (χ1n) is 6.02. The van der Waals surface area contributed by atoms with Crippen LogP contribution in [0.1, 0.15) is 5.56 Å². The van der Waals surface area contributed by atoms with Crippen molar-refractivity contribution in [3.63, 3.8) is 0 Å². The second-order valence-corrected chi connectivity index (χ2v) is 4.68. The number of ether oxygens (including phenoxy) is 1. The molecule has 1 aromatic carbocycles. The van der Waals surface area contributed by atoms with Crippen molar-refractivity contribution in [2.45, 2.75) is 13.2 Å². The molecule has 2 aromatic rings. The number of hydrogen-bond acceptors (Lipinski definition) is 4. The molecule has 0 atom stereocenters. The molecule has 5 nitrogen and oxygen atoms in total. The van der Waals surface area contributed by atoms with Gasteiger partial charge in [-0.1, -0.05) is 23.7 Å². The SMILES string of the molecule is Nc1ccc(=O)n(CC(=O)OCc2cccc(F)c2Cl)c1. The molecule has 0 saturated carbocycles. The molecule has 110 valence electrons. The van der Waals surface area contributed by atoms with Crippen LogP contribution in [0.5, 0.6) is 0 Å². The summed E-state index contributed by atoms with van der Waals surface area (Å²) in [6.07, 6.45) is 1.35. The Morgan fingerprint density at radius 1 is 1.33 bits per heavy atom. The molecular weight excluding hydrogens is 299 g/mol. The summed E-state index contributed by atoms with van der Waals surface area (Å²) in [6, 6.07) is 6.92. The van der Waals surface area contributed by atoms with Gasteiger partial charge in [0.1, 0.15) is 19.0 Å². The van der Waals surface area contributed by atoms with E-state index < -0.39 is 11.8 Å². The zero-order chi connectivity index (χ0) is 15.4. The molecule has 2 N–H and O–H groups in total. The summed E-state index contributed by atoms with van der Waals surface area (Å²) in [5.41, 5.74) is 5.87. The minimum absolute atomic E-state index is 0.0913. The molecular formula is C14H12ClFN2O3. The minimum atomic E-state index is -0.650. The largest absolute Gasteiger partial charge is 0.459 e. The zero-order valence-electron chi connectivity index (χ0n) is 10.9. The van der Waals surface area contributed by atoms with Gasteiger partial charge in [-0.25, -0.2) is 4.39 Å². The molecule has 0 amide bonds. The Morgan fingerprint density at radius 2 is 2.10 bits per heavy atom. The summed E-state index contributed by atoms with van der Waals surface area (Å²) in [5.74, 6) is -1.24. The van der Waals surface area contributed by atoms with Gasteiger partial charge >= 0.3 is 5.97 Å². The van der Waals surface area contributed by atoms with Gasteiger partial charge in [0.25, 0.3) is 5.56 Å². The van der Waals surface area contributed by atoms with E-state index >= 15 is 0 Å². The number of carbonyl (C=O) groups is 1. The quantitative estimate of drug-likeness (QED) is 0.876. The number of halogens is 2. The fourth-order valence-corrected chi connectivity index (χ4v) is 1.86. The second kappa shape index (κ2) is 6.41. The van der Waals surface area contributed by atoms with Gasteiger partial charge in [-0.3, -0.25) is 9.59 Å². The molecule has 0 aliphatic rings. The molecule has 7 heteroatoms. The number of nitrogen functional groups attached to an aromatic ring is 1. The first kappa shape index (κ1) is 15.1. The topological polar surface area (TPSA) is 74.3 Å². The van der Waals surface area contributed by atoms with Crippen molar-refractivity contribution in [1.29, 1.82) is 0 Å². The molecule has 0 saturated heterocycles. The third kappa shape index (κ3) is 3.82. The van der Waals surface area contributed by atoms with E-state index in [1.165, 1.54) is 30.5 Å². The van der Waals surface area contributed by atoms with Gasteiger partial charge in [0.05, 0.1) is 5.02 Å². The highest BCUT2D eigenvalue weighted by molar-refractivity contribution is 6.31. The molecule has 0 bridgehead atoms. The van der Waals surface area contributed by atoms with Crippen LogP contribution in [0.25, 0.3) is 0 Å². The maximum atomic E-state index is 13.2. The average molecular weight is 311 g/mol. The maximum Gasteiger partial charge on any atom is 0.326 e. The van der Waals surface area contributed by atoms with Crippen molar-refractivity contribution < 1.29 is 13.9 Å². The summed E-state index contributed by atoms with van der Waals surface area (Å²) < 4.78 is 19.3. The van der Waals surface area contributed by atoms with Gasteiger partial charge in [-0.05, 0) is 12.1 Å². The van der Waals surface area contributed by atoms with Crippen molar-refractivity contribution in [1.82, 2.24) is 4.57 Å². The number of benzene rings is 1. The molecule has 0 aliphatic carbocycles. The molecule has 1 heterocycles. The van der Waals surface area contributed by atoms with Crippen LogP contribution in [0.3, 0.4) is 0 Å². The van der Waals surface area contributed by atoms with Crippen molar-refractivity contribution in [3.05, 3.63) is 63.3 Å². The van der Waals surface area contributed by atoms with Gasteiger partial charge in [0, 0.05) is 23.5 Å². The molecule has 0 spiro atoms. The highest BCUT2D eigenvalue weighted by atomic mass is 35.5. The smallest absolute Gasteiger partial charge is 0.326 e. The van der Waals surface area contributed by atoms with Crippen LogP contribution in [0.15, 0.2) is 41.3 Å². The van der Waals surface area contributed by atoms with Crippen LogP contribution in [0.4, 0.5) is 10.1 Å². The Balaban J connectivity index is 2.01. The number of nitrogens with zero attached hydrogens (tertiary/aromatic N) is 1. The lowest BCUT2D eigenvalue weighted by Gasteiger charge is -2.08. The number of anilines is 1. The van der Waals surface area contributed by atoms with E-state index in [4.69, 9.17) is 22.1 Å². The summed E-state index contributed by atoms with van der Waals surface area (Å²) in [4.78, 5) is 23.2. The first-order chi connectivity index (χ1) is 9.97. The molecule has 0 fully saturated rings. The molecule has 21 heavy (non-hydrogen) atoms. The Kier molecular flexibility index (Phi) is 4.59. The third-order valence-corrected chi connectivity index (χ3v) is 3.15. The summed E-state index contributed by atoms with van der Waals surface area (Å²) in [6.45, 7) is -0.455. The second-order valence-electron chi connectivity index (χ2n) is 4.30. The Hall–Kier alpha value is -2.34. The number of nitrogens with two attached hydrogens (primary N) is 1. The van der Waals surface area contributed by atoms with E-state index in [0.29, 0.717) is 11.3 Å². The summed E-state index contributed by atoms with van der Waals surface area (Å²) in [5, 5.41) is -0.0913. The van der Waals surface area contributed by atoms with Gasteiger partial charge in [0.2, 0.25) is 0 Å². The molecule has 0 radical (unpaired) electrons. The van der Waals surface area contributed by atoms with Gasteiger partial charge in [-0.15, -0.1) is 0 Å². The van der Waals surface area contributed by atoms with Gasteiger partial charge < -0.3 is 15.0 Å². The normalized spacial score (nSPS) is 10.4. The van der Waals surface area contributed by atoms with Crippen LogP contribution in [-0.2, 0) is 22.7 Å². The van der Waals surface area contributed by atoms with E-state index in [0.717, 1.165) is 4.57 Å². The van der Waals surface area contributed by atoms with Crippen molar-refractivity contribution in [2.75, 3.05) is 5.73 Å². The van der Waals surface area contributed by atoms with Crippen LogP contribution in [0.2, 0.25) is 5.02 Å². The highest BCUT2D eigenvalue weighted by Gasteiger charge is 2.10. The predicted molar refractivity (Wildman–Crippen MR) is 76.3 cm³/mol. The molecule has 0 aliphatic heterocycles. The number of pyridine rings is 1. The van der Waals surface area contributed by atoms with Crippen molar-refractivity contribution in [2.24, 2.45) is 0 Å². The number of aromatic nitrogens is 1. The monoisotopic (exact) mass is 310 g/mol. The van der Waals surface area contributed by atoms with Crippen LogP contribution < -0.4 is 11.3 Å². The van der Waals surface area contributed by atoms with E-state index in [9.17, 15) is 14.0 Å². The van der Waals surface area contributed by atoms with E-state index in [1.807, 2.05) is 0 Å². The predicted octanol–water partition coefficient (Wildman–Crippen LogP) is 1.97. The Labute approximate surface area is 124 Å². The number of carbonyl (C=O) groups excluding carboxylic acids is 1. The first-order valence-corrected chi connectivity index (χ1v) is 6.39. The third-order valence-electron chi connectivity index (χ3n) is 2.73. The Morgan fingerprint density at radius 3 is 2.86 bits per heavy atom. The van der Waals surface area contributed by atoms with Crippen molar-refractivity contribution >= 4 is 23.3 Å². The number of rotatable bonds is 4. The highest BCUT2D eigenvalue weighted by Crippen LogP contribution is 2.20. The summed E-state index contributed by atoms with van der Waals surface area (Å²) >= 11 is 5.74. The van der Waals surface area contributed by atoms with Crippen LogP contribution >= 0.6 is 11.6 Å². The molecule has 0 unspecified atom stereocenters. The van der Waals surface area contributed by atoms with Crippen LogP contribution in [0, 0.1) is 5.82 Å². The lowest BCUT2D eigenvalue weighted by atomic mass is 10.2. The number of esters is 1. The van der Waals surface area contributed by atoms with E-state index in [2.05, 4.69) is 0 Å². The lowest BCUT2D eigenvalue weighted by Crippen LogP contribution is -2.24. The van der Waals surface area contributed by atoms with Gasteiger partial charge in [0.15, 0.2) is 0 Å². The van der Waals surface area contributed by atoms with Crippen LogP contribution in [-0.4, -0.2) is 10.5 Å². The van der Waals surface area contributed by atoms with E-state index in [-0.39, 0.29) is 23.7 Å². The fraction of sp³-hybridized carbons (Fsp3) is 0.143. The molecule has 2 rings (SSSR count). The minimum Gasteiger partial charge on any atom is -0.459 e. The average Bonchev–Trinajstić information content (AvgIpc) is 2.44.